The molecule has 0 spiro atoms. The third-order valence-corrected chi connectivity index (χ3v) is 4.34. The molecule has 0 aliphatic heterocycles. The van der Waals surface area contributed by atoms with Crippen LogP contribution in [0, 0.1) is 12.3 Å². The summed E-state index contributed by atoms with van der Waals surface area (Å²) in [6, 6.07) is 6.53. The normalized spacial score (nSPS) is 19.7. The molecule has 3 N–H and O–H groups in total. The number of hydrogen-bond donors (Lipinski definition) is 2. The minimum atomic E-state index is -0.0476. The molecule has 2 rings (SSSR count). The highest BCUT2D eigenvalue weighted by molar-refractivity contribution is 5.37. The molecule has 1 aliphatic carbocycles. The van der Waals surface area contributed by atoms with Gasteiger partial charge in [-0.1, -0.05) is 39.0 Å². The fourth-order valence-corrected chi connectivity index (χ4v) is 2.55. The van der Waals surface area contributed by atoms with Crippen molar-refractivity contribution in [2.45, 2.75) is 52.0 Å². The van der Waals surface area contributed by atoms with E-state index in [0.717, 1.165) is 12.8 Å². The van der Waals surface area contributed by atoms with Gasteiger partial charge in [-0.2, -0.15) is 0 Å². The van der Waals surface area contributed by atoms with Crippen molar-refractivity contribution in [1.29, 1.82) is 0 Å². The van der Waals surface area contributed by atoms with E-state index >= 15 is 0 Å². The van der Waals surface area contributed by atoms with Crippen molar-refractivity contribution in [3.63, 3.8) is 0 Å². The van der Waals surface area contributed by atoms with Crippen LogP contribution in [-0.2, 0) is 5.41 Å². The maximum absolute atomic E-state index is 9.48. The second kappa shape index (κ2) is 4.36. The average Bonchev–Trinajstić information content (AvgIpc) is 3.07. The maximum atomic E-state index is 9.48. The van der Waals surface area contributed by atoms with Gasteiger partial charge in [0.25, 0.3) is 0 Å². The molecule has 2 nitrogen and oxygen atoms in total. The molecule has 1 atom stereocenters. The molecule has 18 heavy (non-hydrogen) atoms. The molecule has 0 heterocycles. The van der Waals surface area contributed by atoms with E-state index in [1.54, 1.807) is 0 Å². The molecule has 0 amide bonds. The van der Waals surface area contributed by atoms with Crippen molar-refractivity contribution in [2.24, 2.45) is 11.1 Å². The van der Waals surface area contributed by atoms with Crippen LogP contribution >= 0.6 is 0 Å². The first-order chi connectivity index (χ1) is 8.30. The molecular formula is C16H25NO. The zero-order valence-corrected chi connectivity index (χ0v) is 12.0. The fourth-order valence-electron chi connectivity index (χ4n) is 2.55. The van der Waals surface area contributed by atoms with E-state index in [1.165, 1.54) is 16.7 Å². The molecule has 1 fully saturated rings. The topological polar surface area (TPSA) is 46.2 Å². The standard InChI is InChI=1S/C16H25NO/c1-11-9-12(15(2,3)4)5-6-13(11)14(17)16(10-18)7-8-16/h5-6,9,14,18H,7-8,10,17H2,1-4H3. The van der Waals surface area contributed by atoms with Gasteiger partial charge in [0.15, 0.2) is 0 Å². The van der Waals surface area contributed by atoms with Crippen LogP contribution in [0.4, 0.5) is 0 Å². The summed E-state index contributed by atoms with van der Waals surface area (Å²) in [6.45, 7) is 8.99. The van der Waals surface area contributed by atoms with Gasteiger partial charge in [-0.3, -0.25) is 0 Å². The third kappa shape index (κ3) is 2.32. The van der Waals surface area contributed by atoms with Gasteiger partial charge in [0, 0.05) is 11.5 Å². The van der Waals surface area contributed by atoms with Gasteiger partial charge in [-0.15, -0.1) is 0 Å². The zero-order valence-electron chi connectivity index (χ0n) is 12.0. The van der Waals surface area contributed by atoms with Gasteiger partial charge in [-0.05, 0) is 41.9 Å². The van der Waals surface area contributed by atoms with Crippen molar-refractivity contribution in [2.75, 3.05) is 6.61 Å². The Balaban J connectivity index is 2.31. The van der Waals surface area contributed by atoms with Gasteiger partial charge in [0.2, 0.25) is 0 Å². The van der Waals surface area contributed by atoms with Gasteiger partial charge < -0.3 is 10.8 Å². The molecule has 0 radical (unpaired) electrons. The number of nitrogens with two attached hydrogens (primary N) is 1. The Bertz CT molecular complexity index is 441. The lowest BCUT2D eigenvalue weighted by Gasteiger charge is -2.26. The molecule has 0 saturated heterocycles. The number of aliphatic hydroxyl groups is 1. The number of hydrogen-bond acceptors (Lipinski definition) is 2. The minimum absolute atomic E-state index is 0.0310. The molecule has 1 aliphatic rings. The van der Waals surface area contributed by atoms with E-state index in [2.05, 4.69) is 45.9 Å². The average molecular weight is 247 g/mol. The van der Waals surface area contributed by atoms with Crippen LogP contribution in [0.1, 0.15) is 56.3 Å². The van der Waals surface area contributed by atoms with E-state index in [1.807, 2.05) is 0 Å². The summed E-state index contributed by atoms with van der Waals surface area (Å²) in [6.07, 6.45) is 2.09. The van der Waals surface area contributed by atoms with Gasteiger partial charge in [0.05, 0.1) is 6.61 Å². The first-order valence-electron chi connectivity index (χ1n) is 6.78. The van der Waals surface area contributed by atoms with E-state index in [-0.39, 0.29) is 23.5 Å². The summed E-state index contributed by atoms with van der Waals surface area (Å²) in [5.74, 6) is 0. The van der Waals surface area contributed by atoms with Crippen LogP contribution in [0.3, 0.4) is 0 Å². The lowest BCUT2D eigenvalue weighted by Crippen LogP contribution is -2.26. The van der Waals surface area contributed by atoms with Crippen molar-refractivity contribution in [3.05, 3.63) is 34.9 Å². The largest absolute Gasteiger partial charge is 0.396 e. The Hall–Kier alpha value is -0.860. The number of rotatable bonds is 3. The molecule has 0 aromatic heterocycles. The fraction of sp³-hybridized carbons (Fsp3) is 0.625. The molecule has 1 saturated carbocycles. The van der Waals surface area contributed by atoms with E-state index in [0.29, 0.717) is 0 Å². The third-order valence-electron chi connectivity index (χ3n) is 4.34. The van der Waals surface area contributed by atoms with Crippen LogP contribution in [0.25, 0.3) is 0 Å². The summed E-state index contributed by atoms with van der Waals surface area (Å²) in [4.78, 5) is 0. The highest BCUT2D eigenvalue weighted by atomic mass is 16.3. The second-order valence-electron chi connectivity index (χ2n) is 6.82. The van der Waals surface area contributed by atoms with E-state index < -0.39 is 0 Å². The molecule has 2 heteroatoms. The predicted molar refractivity (Wildman–Crippen MR) is 75.6 cm³/mol. The summed E-state index contributed by atoms with van der Waals surface area (Å²) < 4.78 is 0. The smallest absolute Gasteiger partial charge is 0.0505 e. The van der Waals surface area contributed by atoms with Crippen molar-refractivity contribution < 1.29 is 5.11 Å². The van der Waals surface area contributed by atoms with E-state index in [4.69, 9.17) is 5.73 Å². The van der Waals surface area contributed by atoms with Crippen LogP contribution in [0.15, 0.2) is 18.2 Å². The summed E-state index contributed by atoms with van der Waals surface area (Å²) in [5.41, 5.74) is 10.2. The van der Waals surface area contributed by atoms with Crippen LogP contribution in [-0.4, -0.2) is 11.7 Å². The quantitative estimate of drug-likeness (QED) is 0.862. The molecule has 1 aromatic rings. The lowest BCUT2D eigenvalue weighted by atomic mass is 9.82. The van der Waals surface area contributed by atoms with Crippen molar-refractivity contribution in [1.82, 2.24) is 0 Å². The zero-order chi connectivity index (χ0) is 13.6. The molecule has 1 aromatic carbocycles. The molecular weight excluding hydrogens is 222 g/mol. The number of aryl methyl sites for hydroxylation is 1. The number of benzene rings is 1. The van der Waals surface area contributed by atoms with Crippen LogP contribution in [0.2, 0.25) is 0 Å². The van der Waals surface area contributed by atoms with Crippen LogP contribution in [0.5, 0.6) is 0 Å². The summed E-state index contributed by atoms with van der Waals surface area (Å²) in [5, 5.41) is 9.48. The monoisotopic (exact) mass is 247 g/mol. The highest BCUT2D eigenvalue weighted by Gasteiger charge is 2.48. The van der Waals surface area contributed by atoms with Crippen molar-refractivity contribution >= 4 is 0 Å². The molecule has 0 bridgehead atoms. The number of aliphatic hydroxyl groups excluding tert-OH is 1. The van der Waals surface area contributed by atoms with Gasteiger partial charge in [0.1, 0.15) is 0 Å². The summed E-state index contributed by atoms with van der Waals surface area (Å²) in [7, 11) is 0. The Labute approximate surface area is 110 Å². The van der Waals surface area contributed by atoms with Crippen molar-refractivity contribution in [3.8, 4) is 0 Å². The second-order valence-corrected chi connectivity index (χ2v) is 6.82. The minimum Gasteiger partial charge on any atom is -0.396 e. The van der Waals surface area contributed by atoms with Crippen LogP contribution < -0.4 is 5.73 Å². The molecule has 1 unspecified atom stereocenters. The summed E-state index contributed by atoms with van der Waals surface area (Å²) >= 11 is 0. The van der Waals surface area contributed by atoms with E-state index in [9.17, 15) is 5.11 Å². The lowest BCUT2D eigenvalue weighted by molar-refractivity contribution is 0.187. The Kier molecular flexibility index (Phi) is 3.28. The Morgan fingerprint density at radius 1 is 1.33 bits per heavy atom. The first kappa shape index (κ1) is 13.6. The first-order valence-corrected chi connectivity index (χ1v) is 6.78. The maximum Gasteiger partial charge on any atom is 0.0505 e. The predicted octanol–water partition coefficient (Wildman–Crippen LogP) is 3.06. The molecule has 100 valence electrons. The Morgan fingerprint density at radius 3 is 2.33 bits per heavy atom. The van der Waals surface area contributed by atoms with Gasteiger partial charge >= 0.3 is 0 Å². The Morgan fingerprint density at radius 2 is 1.94 bits per heavy atom. The van der Waals surface area contributed by atoms with Gasteiger partial charge in [-0.25, -0.2) is 0 Å². The highest BCUT2D eigenvalue weighted by Crippen LogP contribution is 2.53. The SMILES string of the molecule is Cc1cc(C(C)(C)C)ccc1C(N)C1(CO)CC1.